The molecule has 0 saturated heterocycles. The number of nitrogens with two attached hydrogens (primary N) is 1. The second kappa shape index (κ2) is 5.96. The van der Waals surface area contributed by atoms with Crippen LogP contribution < -0.4 is 19.3 Å². The third-order valence-corrected chi connectivity index (χ3v) is 5.53. The Morgan fingerprint density at radius 3 is 2.29 bits per heavy atom. The predicted octanol–water partition coefficient (Wildman–Crippen LogP) is 0.906. The van der Waals surface area contributed by atoms with Crippen LogP contribution in [0.4, 0.5) is 5.69 Å². The van der Waals surface area contributed by atoms with E-state index in [0.717, 1.165) is 6.07 Å². The lowest BCUT2D eigenvalue weighted by molar-refractivity contribution is 0.171. The van der Waals surface area contributed by atoms with Gasteiger partial charge in [0.25, 0.3) is 10.0 Å². The van der Waals surface area contributed by atoms with Crippen LogP contribution in [0.15, 0.2) is 52.3 Å². The maximum atomic E-state index is 12.5. The van der Waals surface area contributed by atoms with Crippen LogP contribution in [-0.4, -0.2) is 30.0 Å². The topological polar surface area (TPSA) is 125 Å². The van der Waals surface area contributed by atoms with E-state index >= 15 is 0 Å². The van der Waals surface area contributed by atoms with Gasteiger partial charge in [0.15, 0.2) is 11.5 Å². The molecule has 0 amide bonds. The van der Waals surface area contributed by atoms with Crippen LogP contribution in [0.3, 0.4) is 0 Å². The molecule has 1 aliphatic heterocycles. The summed E-state index contributed by atoms with van der Waals surface area (Å²) in [5.41, 5.74) is 0.0800. The number of rotatable bonds is 4. The third kappa shape index (κ3) is 3.45. The van der Waals surface area contributed by atoms with Crippen molar-refractivity contribution in [3.8, 4) is 11.5 Å². The van der Waals surface area contributed by atoms with Crippen molar-refractivity contribution in [1.29, 1.82) is 0 Å². The van der Waals surface area contributed by atoms with E-state index in [2.05, 4.69) is 4.72 Å². The van der Waals surface area contributed by atoms with Gasteiger partial charge in [0.2, 0.25) is 10.0 Å². The number of anilines is 1. The van der Waals surface area contributed by atoms with Crippen molar-refractivity contribution in [2.45, 2.75) is 9.79 Å². The van der Waals surface area contributed by atoms with Crippen molar-refractivity contribution in [1.82, 2.24) is 0 Å². The van der Waals surface area contributed by atoms with Crippen LogP contribution in [0, 0.1) is 0 Å². The quantitative estimate of drug-likeness (QED) is 0.824. The van der Waals surface area contributed by atoms with Crippen molar-refractivity contribution in [3.63, 3.8) is 0 Å². The zero-order valence-corrected chi connectivity index (χ0v) is 13.9. The number of fused-ring (bicyclic) bond motifs is 1. The van der Waals surface area contributed by atoms with Gasteiger partial charge in [-0.15, -0.1) is 0 Å². The van der Waals surface area contributed by atoms with Crippen molar-refractivity contribution in [3.05, 3.63) is 42.5 Å². The van der Waals surface area contributed by atoms with Crippen LogP contribution >= 0.6 is 0 Å². The number of nitrogens with one attached hydrogen (secondary N) is 1. The number of ether oxygens (including phenoxy) is 2. The van der Waals surface area contributed by atoms with Crippen LogP contribution in [0.25, 0.3) is 0 Å². The maximum Gasteiger partial charge on any atom is 0.262 e. The molecule has 1 heterocycles. The van der Waals surface area contributed by atoms with E-state index in [1.165, 1.54) is 36.4 Å². The Hall–Kier alpha value is -2.30. The largest absolute Gasteiger partial charge is 0.486 e. The molecule has 0 bridgehead atoms. The molecule has 0 saturated carbocycles. The van der Waals surface area contributed by atoms with Gasteiger partial charge in [-0.3, -0.25) is 4.72 Å². The van der Waals surface area contributed by atoms with Crippen molar-refractivity contribution in [2.24, 2.45) is 5.14 Å². The summed E-state index contributed by atoms with van der Waals surface area (Å²) in [5, 5.41) is 5.04. The van der Waals surface area contributed by atoms with E-state index in [1.54, 1.807) is 0 Å². The molecule has 0 unspecified atom stereocenters. The molecule has 24 heavy (non-hydrogen) atoms. The Balaban J connectivity index is 1.92. The van der Waals surface area contributed by atoms with Crippen LogP contribution in [0.2, 0.25) is 0 Å². The van der Waals surface area contributed by atoms with Crippen LogP contribution in [0.5, 0.6) is 11.5 Å². The zero-order chi connectivity index (χ0) is 17.4. The fraction of sp³-hybridized carbons (Fsp3) is 0.143. The standard InChI is InChI=1S/C14H14N2O6S2/c15-23(17,18)11-3-1-2-10(8-11)16-24(19,20)12-4-5-13-14(9-12)22-7-6-21-13/h1-5,8-9,16H,6-7H2,(H2,15,17,18). The van der Waals surface area contributed by atoms with Gasteiger partial charge in [0.1, 0.15) is 13.2 Å². The fourth-order valence-corrected chi connectivity index (χ4v) is 3.77. The summed E-state index contributed by atoms with van der Waals surface area (Å²) in [6, 6.07) is 9.46. The fourth-order valence-electron chi connectivity index (χ4n) is 2.14. The van der Waals surface area contributed by atoms with Gasteiger partial charge in [0, 0.05) is 6.07 Å². The molecule has 0 aliphatic carbocycles. The van der Waals surface area contributed by atoms with Crippen molar-refractivity contribution >= 4 is 25.7 Å². The first-order valence-electron chi connectivity index (χ1n) is 6.81. The Morgan fingerprint density at radius 1 is 0.875 bits per heavy atom. The molecule has 0 spiro atoms. The molecule has 10 heteroatoms. The summed E-state index contributed by atoms with van der Waals surface area (Å²) in [5.74, 6) is 0.804. The predicted molar refractivity (Wildman–Crippen MR) is 86.1 cm³/mol. The zero-order valence-electron chi connectivity index (χ0n) is 12.3. The SMILES string of the molecule is NS(=O)(=O)c1cccc(NS(=O)(=O)c2ccc3c(c2)OCCO3)c1. The van der Waals surface area contributed by atoms with E-state index in [9.17, 15) is 16.8 Å². The summed E-state index contributed by atoms with van der Waals surface area (Å²) in [4.78, 5) is -0.224. The lowest BCUT2D eigenvalue weighted by atomic mass is 10.3. The minimum atomic E-state index is -3.93. The number of benzene rings is 2. The Labute approximate surface area is 139 Å². The molecular formula is C14H14N2O6S2. The summed E-state index contributed by atoms with van der Waals surface area (Å²) in [6.07, 6.45) is 0. The highest BCUT2D eigenvalue weighted by atomic mass is 32.2. The number of sulfonamides is 2. The highest BCUT2D eigenvalue weighted by molar-refractivity contribution is 7.92. The molecule has 8 nitrogen and oxygen atoms in total. The lowest BCUT2D eigenvalue weighted by Crippen LogP contribution is -2.17. The molecule has 0 fully saturated rings. The summed E-state index contributed by atoms with van der Waals surface area (Å²) >= 11 is 0. The van der Waals surface area contributed by atoms with E-state index in [4.69, 9.17) is 14.6 Å². The van der Waals surface area contributed by atoms with Crippen LogP contribution in [0.1, 0.15) is 0 Å². The Morgan fingerprint density at radius 2 is 1.58 bits per heavy atom. The molecular weight excluding hydrogens is 356 g/mol. The molecule has 3 N–H and O–H groups in total. The van der Waals surface area contributed by atoms with Gasteiger partial charge in [-0.25, -0.2) is 22.0 Å². The number of primary sulfonamides is 1. The van der Waals surface area contributed by atoms with E-state index in [1.807, 2.05) is 0 Å². The molecule has 0 aromatic heterocycles. The monoisotopic (exact) mass is 370 g/mol. The Kier molecular flexibility index (Phi) is 4.11. The minimum absolute atomic E-state index is 0.0345. The summed E-state index contributed by atoms with van der Waals surface area (Å²) in [6.45, 7) is 0.734. The van der Waals surface area contributed by atoms with E-state index in [0.29, 0.717) is 24.7 Å². The lowest BCUT2D eigenvalue weighted by Gasteiger charge is -2.19. The molecule has 0 atom stereocenters. The van der Waals surface area contributed by atoms with Crippen molar-refractivity contribution in [2.75, 3.05) is 17.9 Å². The molecule has 3 rings (SSSR count). The number of hydrogen-bond donors (Lipinski definition) is 2. The highest BCUT2D eigenvalue weighted by Crippen LogP contribution is 2.32. The number of hydrogen-bond acceptors (Lipinski definition) is 6. The van der Waals surface area contributed by atoms with Crippen molar-refractivity contribution < 1.29 is 26.3 Å². The first-order chi connectivity index (χ1) is 11.3. The Bertz CT molecular complexity index is 986. The second-order valence-corrected chi connectivity index (χ2v) is 8.23. The molecule has 128 valence electrons. The second-order valence-electron chi connectivity index (χ2n) is 4.98. The maximum absolute atomic E-state index is 12.5. The normalized spacial score (nSPS) is 14.2. The molecule has 1 aliphatic rings. The van der Waals surface area contributed by atoms with Gasteiger partial charge in [-0.05, 0) is 30.3 Å². The van der Waals surface area contributed by atoms with Gasteiger partial charge in [-0.2, -0.15) is 0 Å². The van der Waals surface area contributed by atoms with Gasteiger partial charge in [0.05, 0.1) is 15.5 Å². The molecule has 2 aromatic rings. The first-order valence-corrected chi connectivity index (χ1v) is 9.84. The summed E-state index contributed by atoms with van der Waals surface area (Å²) in [7, 11) is -7.86. The minimum Gasteiger partial charge on any atom is -0.486 e. The smallest absolute Gasteiger partial charge is 0.262 e. The van der Waals surface area contributed by atoms with Gasteiger partial charge < -0.3 is 9.47 Å². The first kappa shape index (κ1) is 16.6. The average Bonchev–Trinajstić information content (AvgIpc) is 2.53. The van der Waals surface area contributed by atoms with Gasteiger partial charge in [-0.1, -0.05) is 6.07 Å². The molecule has 2 aromatic carbocycles. The molecule has 0 radical (unpaired) electrons. The van der Waals surface area contributed by atoms with E-state index < -0.39 is 20.0 Å². The average molecular weight is 370 g/mol. The third-order valence-electron chi connectivity index (χ3n) is 3.24. The van der Waals surface area contributed by atoms with E-state index in [-0.39, 0.29) is 15.5 Å². The highest BCUT2D eigenvalue weighted by Gasteiger charge is 2.20. The summed E-state index contributed by atoms with van der Waals surface area (Å²) < 4.78 is 60.6. The van der Waals surface area contributed by atoms with Crippen LogP contribution in [-0.2, 0) is 20.0 Å². The van der Waals surface area contributed by atoms with Gasteiger partial charge >= 0.3 is 0 Å².